The fraction of sp³-hybridized carbons (Fsp3) is 0.588. The Labute approximate surface area is 146 Å². The van der Waals surface area contributed by atoms with Gasteiger partial charge in [0.05, 0.1) is 0 Å². The fourth-order valence-electron chi connectivity index (χ4n) is 3.00. The number of carbonyl (C=O) groups is 2. The van der Waals surface area contributed by atoms with Crippen LogP contribution in [0.2, 0.25) is 0 Å². The Hall–Kier alpha value is -2.69. The molecule has 1 aromatic rings. The lowest BCUT2D eigenvalue weighted by Gasteiger charge is -2.14. The van der Waals surface area contributed by atoms with E-state index in [1.54, 1.807) is 13.1 Å². The normalized spacial score (nSPS) is 17.4. The van der Waals surface area contributed by atoms with E-state index in [1.165, 1.54) is 4.68 Å². The molecule has 0 radical (unpaired) electrons. The van der Waals surface area contributed by atoms with Crippen LogP contribution in [0.3, 0.4) is 0 Å². The van der Waals surface area contributed by atoms with E-state index in [4.69, 9.17) is 6.42 Å². The molecule has 1 saturated heterocycles. The Morgan fingerprint density at radius 1 is 1.32 bits per heavy atom. The highest BCUT2D eigenvalue weighted by Crippen LogP contribution is 2.37. The van der Waals surface area contributed by atoms with Gasteiger partial charge in [0.25, 0.3) is 5.91 Å². The summed E-state index contributed by atoms with van der Waals surface area (Å²) in [5.74, 6) is 2.74. The number of nitrogens with zero attached hydrogens (tertiary/aromatic N) is 5. The largest absolute Gasteiger partial charge is 0.337 e. The summed E-state index contributed by atoms with van der Waals surface area (Å²) in [5, 5.41) is 15.0. The molecule has 3 rings (SSSR count). The predicted octanol–water partition coefficient (Wildman–Crippen LogP) is 1.95. The second kappa shape index (κ2) is 7.05. The molecule has 132 valence electrons. The summed E-state index contributed by atoms with van der Waals surface area (Å²) in [5.41, 5.74) is 0.0138. The zero-order valence-electron chi connectivity index (χ0n) is 14.4. The van der Waals surface area contributed by atoms with E-state index in [0.29, 0.717) is 30.8 Å². The van der Waals surface area contributed by atoms with Crippen LogP contribution in [-0.4, -0.2) is 45.2 Å². The molecule has 8 nitrogen and oxygen atoms in total. The standard InChI is InChI=1S/C17H22N6O2/c1-3-4-8-17(20-21-17)9-7-15(24)18-14-12-13(22(2)19-14)16(25)23-10-5-6-11-23/h1,12H,4-11H2,2H3,(H,18,19,24). The lowest BCUT2D eigenvalue weighted by Crippen LogP contribution is -2.29. The van der Waals surface area contributed by atoms with Gasteiger partial charge in [-0.15, -0.1) is 12.3 Å². The molecule has 25 heavy (non-hydrogen) atoms. The Balaban J connectivity index is 1.53. The van der Waals surface area contributed by atoms with Crippen molar-refractivity contribution < 1.29 is 9.59 Å². The minimum Gasteiger partial charge on any atom is -0.337 e. The summed E-state index contributed by atoms with van der Waals surface area (Å²) in [6, 6.07) is 1.62. The smallest absolute Gasteiger partial charge is 0.272 e. The summed E-state index contributed by atoms with van der Waals surface area (Å²) in [6.07, 6.45) is 9.40. The van der Waals surface area contributed by atoms with Crippen LogP contribution in [0, 0.1) is 12.3 Å². The Morgan fingerprint density at radius 2 is 2.04 bits per heavy atom. The average Bonchev–Trinajstić information content (AvgIpc) is 2.98. The SMILES string of the molecule is C#CCCC1(CCC(=O)Nc2cc(C(=O)N3CCCC3)n(C)n2)N=N1. The lowest BCUT2D eigenvalue weighted by molar-refractivity contribution is -0.116. The minimum atomic E-state index is -0.468. The molecule has 0 unspecified atom stereocenters. The van der Waals surface area contributed by atoms with Gasteiger partial charge in [-0.05, 0) is 12.8 Å². The van der Waals surface area contributed by atoms with Crippen LogP contribution in [0.4, 0.5) is 5.82 Å². The molecule has 0 saturated carbocycles. The van der Waals surface area contributed by atoms with Gasteiger partial charge in [0.1, 0.15) is 5.69 Å². The summed E-state index contributed by atoms with van der Waals surface area (Å²) >= 11 is 0. The van der Waals surface area contributed by atoms with E-state index in [-0.39, 0.29) is 18.2 Å². The van der Waals surface area contributed by atoms with Gasteiger partial charge in [-0.2, -0.15) is 15.3 Å². The summed E-state index contributed by atoms with van der Waals surface area (Å²) < 4.78 is 1.51. The molecule has 1 N–H and O–H groups in total. The number of aryl methyl sites for hydroxylation is 1. The van der Waals surface area contributed by atoms with Crippen LogP contribution in [0.25, 0.3) is 0 Å². The van der Waals surface area contributed by atoms with Gasteiger partial charge in [-0.3, -0.25) is 14.3 Å². The maximum Gasteiger partial charge on any atom is 0.272 e. The van der Waals surface area contributed by atoms with E-state index in [1.807, 2.05) is 4.90 Å². The number of terminal acetylenes is 1. The molecular formula is C17H22N6O2. The van der Waals surface area contributed by atoms with Crippen LogP contribution in [-0.2, 0) is 11.8 Å². The number of hydrogen-bond acceptors (Lipinski definition) is 5. The molecule has 0 aliphatic carbocycles. The highest BCUT2D eigenvalue weighted by atomic mass is 16.2. The van der Waals surface area contributed by atoms with Gasteiger partial charge >= 0.3 is 0 Å². The van der Waals surface area contributed by atoms with Crippen LogP contribution < -0.4 is 5.32 Å². The molecule has 0 atom stereocenters. The molecule has 0 spiro atoms. The molecule has 8 heteroatoms. The van der Waals surface area contributed by atoms with Crippen molar-refractivity contribution in [2.45, 2.75) is 44.2 Å². The van der Waals surface area contributed by atoms with Gasteiger partial charge in [-0.1, -0.05) is 0 Å². The third kappa shape index (κ3) is 4.05. The van der Waals surface area contributed by atoms with Gasteiger partial charge in [0, 0.05) is 51.9 Å². The topological polar surface area (TPSA) is 92.0 Å². The number of nitrogens with one attached hydrogen (secondary N) is 1. The number of carbonyl (C=O) groups excluding carboxylic acids is 2. The predicted molar refractivity (Wildman–Crippen MR) is 91.9 cm³/mol. The highest BCUT2D eigenvalue weighted by Gasteiger charge is 2.39. The Bertz CT molecular complexity index is 733. The first-order chi connectivity index (χ1) is 12.0. The maximum absolute atomic E-state index is 12.4. The number of amides is 2. The van der Waals surface area contributed by atoms with Crippen molar-refractivity contribution in [3.63, 3.8) is 0 Å². The number of aromatic nitrogens is 2. The quantitative estimate of drug-likeness (QED) is 0.768. The minimum absolute atomic E-state index is 0.0446. The van der Waals surface area contributed by atoms with Gasteiger partial charge in [0.2, 0.25) is 5.91 Å². The van der Waals surface area contributed by atoms with Crippen molar-refractivity contribution in [1.29, 1.82) is 0 Å². The third-order valence-electron chi connectivity index (χ3n) is 4.56. The van der Waals surface area contributed by atoms with Crippen molar-refractivity contribution in [3.05, 3.63) is 11.8 Å². The monoisotopic (exact) mass is 342 g/mol. The van der Waals surface area contributed by atoms with Crippen molar-refractivity contribution in [2.24, 2.45) is 17.3 Å². The summed E-state index contributed by atoms with van der Waals surface area (Å²) in [4.78, 5) is 26.4. The molecule has 1 aromatic heterocycles. The third-order valence-corrected chi connectivity index (χ3v) is 4.56. The van der Waals surface area contributed by atoms with E-state index in [9.17, 15) is 9.59 Å². The zero-order chi connectivity index (χ0) is 17.9. The molecule has 1 fully saturated rings. The number of rotatable bonds is 7. The number of anilines is 1. The van der Waals surface area contributed by atoms with Gasteiger partial charge < -0.3 is 10.2 Å². The molecule has 2 amide bonds. The second-order valence-electron chi connectivity index (χ2n) is 6.47. The van der Waals surface area contributed by atoms with Crippen LogP contribution in [0.5, 0.6) is 0 Å². The molecule has 2 aliphatic rings. The van der Waals surface area contributed by atoms with Gasteiger partial charge in [0.15, 0.2) is 11.5 Å². The van der Waals surface area contributed by atoms with E-state index >= 15 is 0 Å². The Kier molecular flexibility index (Phi) is 4.83. The van der Waals surface area contributed by atoms with E-state index in [2.05, 4.69) is 26.6 Å². The molecule has 3 heterocycles. The summed E-state index contributed by atoms with van der Waals surface area (Å²) in [6.45, 7) is 1.55. The average molecular weight is 342 g/mol. The number of hydrogen-bond donors (Lipinski definition) is 1. The first-order valence-corrected chi connectivity index (χ1v) is 8.54. The van der Waals surface area contributed by atoms with Crippen molar-refractivity contribution in [3.8, 4) is 12.3 Å². The van der Waals surface area contributed by atoms with Gasteiger partial charge in [-0.25, -0.2) is 0 Å². The fourth-order valence-corrected chi connectivity index (χ4v) is 3.00. The van der Waals surface area contributed by atoms with Crippen molar-refractivity contribution >= 4 is 17.6 Å². The second-order valence-corrected chi connectivity index (χ2v) is 6.47. The van der Waals surface area contributed by atoms with Crippen molar-refractivity contribution in [2.75, 3.05) is 18.4 Å². The van der Waals surface area contributed by atoms with E-state index < -0.39 is 5.66 Å². The first kappa shape index (κ1) is 17.1. The first-order valence-electron chi connectivity index (χ1n) is 8.54. The van der Waals surface area contributed by atoms with Crippen LogP contribution in [0.15, 0.2) is 16.3 Å². The maximum atomic E-state index is 12.4. The zero-order valence-corrected chi connectivity index (χ0v) is 14.4. The van der Waals surface area contributed by atoms with E-state index in [0.717, 1.165) is 25.9 Å². The highest BCUT2D eigenvalue weighted by molar-refractivity contribution is 5.95. The molecule has 0 aromatic carbocycles. The molecule has 0 bridgehead atoms. The van der Waals surface area contributed by atoms with Crippen LogP contribution in [0.1, 0.15) is 49.0 Å². The summed E-state index contributed by atoms with van der Waals surface area (Å²) in [7, 11) is 1.70. The Morgan fingerprint density at radius 3 is 2.68 bits per heavy atom. The number of likely N-dealkylation sites (tertiary alicyclic amines) is 1. The van der Waals surface area contributed by atoms with Crippen LogP contribution >= 0.6 is 0 Å². The van der Waals surface area contributed by atoms with Crippen molar-refractivity contribution in [1.82, 2.24) is 14.7 Å². The molecular weight excluding hydrogens is 320 g/mol. The molecule has 2 aliphatic heterocycles. The lowest BCUT2D eigenvalue weighted by atomic mass is 10.0.